The van der Waals surface area contributed by atoms with Gasteiger partial charge >= 0.3 is 5.97 Å². The van der Waals surface area contributed by atoms with Crippen molar-refractivity contribution >= 4 is 36.8 Å². The summed E-state index contributed by atoms with van der Waals surface area (Å²) < 4.78 is 65.4. The normalized spacial score (nSPS) is 14.3. The number of cyclic esters (lactones) is 1. The van der Waals surface area contributed by atoms with Crippen molar-refractivity contribution < 1.29 is 30.8 Å². The van der Waals surface area contributed by atoms with Gasteiger partial charge in [-0.3, -0.25) is 9.97 Å². The van der Waals surface area contributed by atoms with Crippen molar-refractivity contribution in [3.8, 4) is 22.4 Å². The summed E-state index contributed by atoms with van der Waals surface area (Å²) in [6, 6.07) is 26.5. The highest BCUT2D eigenvalue weighted by Gasteiger charge is 2.41. The first kappa shape index (κ1) is 33.4. The summed E-state index contributed by atoms with van der Waals surface area (Å²) in [5.74, 6) is -0.980. The number of hydrogen-bond acceptors (Lipinski definition) is 8. The molecule has 3 heterocycles. The second-order valence-electron chi connectivity index (χ2n) is 11.4. The molecule has 1 aliphatic heterocycles. The van der Waals surface area contributed by atoms with Crippen LogP contribution in [0.15, 0.2) is 125 Å². The number of rotatable bonds is 6. The summed E-state index contributed by atoms with van der Waals surface area (Å²) in [4.78, 5) is 21.5. The summed E-state index contributed by atoms with van der Waals surface area (Å²) >= 11 is 0. The van der Waals surface area contributed by atoms with Gasteiger partial charge in [-0.1, -0.05) is 42.5 Å². The zero-order chi connectivity index (χ0) is 34.0. The zero-order valence-corrected chi connectivity index (χ0v) is 27.6. The van der Waals surface area contributed by atoms with Crippen molar-refractivity contribution in [1.29, 1.82) is 0 Å². The molecule has 3 aromatic carbocycles. The molecule has 0 N–H and O–H groups in total. The van der Waals surface area contributed by atoms with Crippen LogP contribution in [0.1, 0.15) is 25.0 Å². The highest BCUT2D eigenvalue weighted by atomic mass is 32.2. The Kier molecular flexibility index (Phi) is 9.24. The minimum Gasteiger partial charge on any atom is -0.451 e. The molecule has 47 heavy (non-hydrogen) atoms. The van der Waals surface area contributed by atoms with Gasteiger partial charge in [0.2, 0.25) is 0 Å². The van der Waals surface area contributed by atoms with Crippen LogP contribution in [-0.2, 0) is 29.2 Å². The summed E-state index contributed by atoms with van der Waals surface area (Å²) in [6.45, 7) is 3.49. The van der Waals surface area contributed by atoms with Crippen LogP contribution in [0.3, 0.4) is 0 Å². The Bertz CT molecular complexity index is 2200. The van der Waals surface area contributed by atoms with Gasteiger partial charge in [0.05, 0.1) is 21.1 Å². The second-order valence-corrected chi connectivity index (χ2v) is 15.4. The molecule has 8 nitrogen and oxygen atoms in total. The van der Waals surface area contributed by atoms with E-state index in [1.807, 2.05) is 24.3 Å². The molecule has 2 aromatic heterocycles. The van der Waals surface area contributed by atoms with Crippen molar-refractivity contribution in [2.45, 2.75) is 29.2 Å². The molecular formula is C36H31FN2O6S2. The predicted molar refractivity (Wildman–Crippen MR) is 179 cm³/mol. The fraction of sp³-hybridized carbons (Fsp3) is 0.139. The fourth-order valence-corrected chi connectivity index (χ4v) is 6.52. The number of halogens is 1. The SMILES string of the molecule is CC1(C)OC(=O)C(c2cccc(F)c2)=C1c1ccc(S(C)(=O)=O)cc1.CS(=O)(=O)c1ccc(-c2cccnc2-c2cccnc2)cc1. The van der Waals surface area contributed by atoms with Gasteiger partial charge in [0.25, 0.3) is 0 Å². The maximum absolute atomic E-state index is 13.6. The molecule has 0 amide bonds. The lowest BCUT2D eigenvalue weighted by atomic mass is 9.87. The maximum Gasteiger partial charge on any atom is 0.340 e. The maximum atomic E-state index is 13.6. The van der Waals surface area contributed by atoms with Crippen LogP contribution in [0, 0.1) is 5.82 Å². The van der Waals surface area contributed by atoms with E-state index >= 15 is 0 Å². The average Bonchev–Trinajstić information content (AvgIpc) is 3.28. The highest BCUT2D eigenvalue weighted by Crippen LogP contribution is 2.44. The van der Waals surface area contributed by atoms with Gasteiger partial charge in [-0.15, -0.1) is 0 Å². The Labute approximate surface area is 273 Å². The molecule has 0 saturated carbocycles. The Balaban J connectivity index is 0.000000186. The third-order valence-electron chi connectivity index (χ3n) is 7.42. The third-order valence-corrected chi connectivity index (χ3v) is 9.68. The van der Waals surface area contributed by atoms with E-state index in [2.05, 4.69) is 9.97 Å². The standard InChI is InChI=1S/C19H17FO4S.C17H14N2O2S/c1-19(2)17(12-7-9-15(10-8-12)25(3,22)23)16(18(21)24-19)13-5-4-6-14(20)11-13;1-22(20,21)15-8-6-13(7-9-15)16-5-3-11-19-17(16)14-4-2-10-18-12-14/h4-11H,1-3H3;2-12H,1H3. The molecule has 0 spiro atoms. The summed E-state index contributed by atoms with van der Waals surface area (Å²) in [6.07, 6.45) is 7.54. The van der Waals surface area contributed by atoms with Gasteiger partial charge in [0.1, 0.15) is 11.4 Å². The molecule has 0 aliphatic carbocycles. The van der Waals surface area contributed by atoms with E-state index in [0.29, 0.717) is 21.6 Å². The van der Waals surface area contributed by atoms with Crippen LogP contribution in [0.5, 0.6) is 0 Å². The number of carbonyl (C=O) groups excluding carboxylic acids is 1. The Hall–Kier alpha value is -5.00. The first-order chi connectivity index (χ1) is 22.1. The highest BCUT2D eigenvalue weighted by molar-refractivity contribution is 7.91. The van der Waals surface area contributed by atoms with Crippen molar-refractivity contribution in [3.63, 3.8) is 0 Å². The van der Waals surface area contributed by atoms with Gasteiger partial charge in [-0.25, -0.2) is 26.0 Å². The van der Waals surface area contributed by atoms with E-state index in [9.17, 15) is 26.0 Å². The van der Waals surface area contributed by atoms with Crippen LogP contribution in [0.2, 0.25) is 0 Å². The number of aromatic nitrogens is 2. The Morgan fingerprint density at radius 3 is 1.81 bits per heavy atom. The molecule has 0 bridgehead atoms. The lowest BCUT2D eigenvalue weighted by Gasteiger charge is -2.21. The summed E-state index contributed by atoms with van der Waals surface area (Å²) in [7, 11) is -6.51. The number of sulfone groups is 2. The molecular weight excluding hydrogens is 640 g/mol. The molecule has 0 radical (unpaired) electrons. The van der Waals surface area contributed by atoms with Crippen molar-refractivity contribution in [1.82, 2.24) is 9.97 Å². The van der Waals surface area contributed by atoms with Crippen LogP contribution in [-0.4, -0.2) is 50.9 Å². The fourth-order valence-electron chi connectivity index (χ4n) is 5.26. The predicted octanol–water partition coefficient (Wildman–Crippen LogP) is 6.69. The molecule has 5 aromatic rings. The molecule has 0 atom stereocenters. The number of ether oxygens (including phenoxy) is 1. The van der Waals surface area contributed by atoms with E-state index in [0.717, 1.165) is 28.6 Å². The number of carbonyl (C=O) groups is 1. The van der Waals surface area contributed by atoms with Crippen LogP contribution >= 0.6 is 0 Å². The molecule has 0 fully saturated rings. The minimum atomic E-state index is -3.32. The monoisotopic (exact) mass is 670 g/mol. The van der Waals surface area contributed by atoms with Crippen LogP contribution < -0.4 is 0 Å². The van der Waals surface area contributed by atoms with Crippen molar-refractivity contribution in [2.75, 3.05) is 12.5 Å². The molecule has 1 aliphatic rings. The largest absolute Gasteiger partial charge is 0.451 e. The van der Waals surface area contributed by atoms with Crippen molar-refractivity contribution in [2.24, 2.45) is 0 Å². The third kappa shape index (κ3) is 7.53. The van der Waals surface area contributed by atoms with Gasteiger partial charge < -0.3 is 4.74 Å². The summed E-state index contributed by atoms with van der Waals surface area (Å²) in [5.41, 5.74) is 4.66. The molecule has 0 unspecified atom stereocenters. The van der Waals surface area contributed by atoms with Gasteiger partial charge in [-0.2, -0.15) is 0 Å². The van der Waals surface area contributed by atoms with E-state index in [1.165, 1.54) is 36.6 Å². The first-order valence-corrected chi connectivity index (χ1v) is 18.1. The van der Waals surface area contributed by atoms with Crippen molar-refractivity contribution in [3.05, 3.63) is 133 Å². The lowest BCUT2D eigenvalue weighted by Crippen LogP contribution is -2.22. The minimum absolute atomic E-state index is 0.187. The van der Waals surface area contributed by atoms with E-state index in [4.69, 9.17) is 4.74 Å². The van der Waals surface area contributed by atoms with Crippen LogP contribution in [0.4, 0.5) is 4.39 Å². The molecule has 0 saturated heterocycles. The smallest absolute Gasteiger partial charge is 0.340 e. The molecule has 6 rings (SSSR count). The number of pyridine rings is 2. The number of nitrogens with zero attached hydrogens (tertiary/aromatic N) is 2. The molecule has 11 heteroatoms. The first-order valence-electron chi connectivity index (χ1n) is 14.4. The van der Waals surface area contributed by atoms with Gasteiger partial charge in [0, 0.05) is 47.8 Å². The average molecular weight is 671 g/mol. The lowest BCUT2D eigenvalue weighted by molar-refractivity contribution is -0.141. The van der Waals surface area contributed by atoms with Gasteiger partial charge in [0.15, 0.2) is 19.7 Å². The quantitative estimate of drug-likeness (QED) is 0.183. The zero-order valence-electron chi connectivity index (χ0n) is 26.0. The topological polar surface area (TPSA) is 120 Å². The van der Waals surface area contributed by atoms with Gasteiger partial charge in [-0.05, 0) is 85.1 Å². The van der Waals surface area contributed by atoms with E-state index in [-0.39, 0.29) is 10.5 Å². The Morgan fingerprint density at radius 2 is 1.26 bits per heavy atom. The number of hydrogen-bond donors (Lipinski definition) is 0. The number of esters is 1. The summed E-state index contributed by atoms with van der Waals surface area (Å²) in [5, 5.41) is 0. The van der Waals surface area contributed by atoms with E-state index < -0.39 is 37.1 Å². The van der Waals surface area contributed by atoms with E-state index in [1.54, 1.807) is 74.9 Å². The van der Waals surface area contributed by atoms with Crippen LogP contribution in [0.25, 0.3) is 33.5 Å². The number of benzene rings is 3. The second kappa shape index (κ2) is 13.0. The Morgan fingerprint density at radius 1 is 0.681 bits per heavy atom. The molecule has 240 valence electrons.